The van der Waals surface area contributed by atoms with Gasteiger partial charge in [0.05, 0.1) is 25.2 Å². The van der Waals surface area contributed by atoms with Crippen LogP contribution in [0.3, 0.4) is 0 Å². The molecule has 0 bridgehead atoms. The summed E-state index contributed by atoms with van der Waals surface area (Å²) in [5.41, 5.74) is 2.08. The zero-order valence-corrected chi connectivity index (χ0v) is 16.3. The van der Waals surface area contributed by atoms with E-state index in [0.29, 0.717) is 17.6 Å². The molecule has 1 saturated heterocycles. The van der Waals surface area contributed by atoms with Crippen LogP contribution in [0, 0.1) is 0 Å². The average molecular weight is 382 g/mol. The first-order chi connectivity index (χ1) is 13.5. The molecule has 1 aliphatic rings. The molecule has 0 radical (unpaired) electrons. The Labute approximate surface area is 165 Å². The Morgan fingerprint density at radius 2 is 2.11 bits per heavy atom. The lowest BCUT2D eigenvalue weighted by Gasteiger charge is -2.17. The standard InChI is InChI=1S/C21H26N4O3/c1-15(21(26)27)11-18-12-23-20(13-22-18)24-17-8-10-25(14-17)9-7-16-3-5-19(28-2)6-4-16/h3-6,11-13,17H,7-10,14H2,1-2H3,(H,23,24)(H,26,27)/b15-11+/t17-/m1/s1. The topological polar surface area (TPSA) is 87.6 Å². The average Bonchev–Trinajstić information content (AvgIpc) is 3.15. The number of nitrogens with one attached hydrogen (secondary N) is 1. The second kappa shape index (κ2) is 9.32. The normalized spacial score (nSPS) is 17.5. The summed E-state index contributed by atoms with van der Waals surface area (Å²) in [5.74, 6) is 0.645. The van der Waals surface area contributed by atoms with E-state index in [1.165, 1.54) is 18.6 Å². The molecule has 0 saturated carbocycles. The predicted octanol–water partition coefficient (Wildman–Crippen LogP) is 2.70. The molecule has 2 heterocycles. The highest BCUT2D eigenvalue weighted by molar-refractivity contribution is 5.91. The van der Waals surface area contributed by atoms with Gasteiger partial charge < -0.3 is 20.1 Å². The second-order valence-electron chi connectivity index (χ2n) is 6.99. The van der Waals surface area contributed by atoms with Gasteiger partial charge in [-0.3, -0.25) is 4.98 Å². The summed E-state index contributed by atoms with van der Waals surface area (Å²) in [6.07, 6.45) is 6.83. The van der Waals surface area contributed by atoms with Crippen molar-refractivity contribution >= 4 is 17.9 Å². The fourth-order valence-corrected chi connectivity index (χ4v) is 3.21. The van der Waals surface area contributed by atoms with Crippen LogP contribution in [-0.2, 0) is 11.2 Å². The van der Waals surface area contributed by atoms with E-state index in [9.17, 15) is 4.79 Å². The van der Waals surface area contributed by atoms with Gasteiger partial charge in [0.25, 0.3) is 0 Å². The number of carboxylic acids is 1. The van der Waals surface area contributed by atoms with Crippen LogP contribution in [0.5, 0.6) is 5.75 Å². The number of ether oxygens (including phenoxy) is 1. The fraction of sp³-hybridized carbons (Fsp3) is 0.381. The number of carboxylic acid groups (broad SMARTS) is 1. The van der Waals surface area contributed by atoms with Gasteiger partial charge in [0, 0.05) is 31.2 Å². The van der Waals surface area contributed by atoms with Crippen LogP contribution >= 0.6 is 0 Å². The Bertz CT molecular complexity index is 819. The van der Waals surface area contributed by atoms with E-state index in [4.69, 9.17) is 9.84 Å². The van der Waals surface area contributed by atoms with Gasteiger partial charge in [0.1, 0.15) is 11.6 Å². The third kappa shape index (κ3) is 5.53. The first-order valence-electron chi connectivity index (χ1n) is 9.39. The molecule has 2 N–H and O–H groups in total. The monoisotopic (exact) mass is 382 g/mol. The van der Waals surface area contributed by atoms with Gasteiger partial charge in [-0.25, -0.2) is 9.78 Å². The third-order valence-corrected chi connectivity index (χ3v) is 4.87. The minimum absolute atomic E-state index is 0.235. The maximum Gasteiger partial charge on any atom is 0.331 e. The summed E-state index contributed by atoms with van der Waals surface area (Å²) in [4.78, 5) is 21.9. The Balaban J connectivity index is 1.46. The number of aliphatic carboxylic acids is 1. The Morgan fingerprint density at radius 1 is 1.32 bits per heavy atom. The largest absolute Gasteiger partial charge is 0.497 e. The summed E-state index contributed by atoms with van der Waals surface area (Å²) in [5, 5.41) is 12.3. The van der Waals surface area contributed by atoms with Crippen molar-refractivity contribution in [3.63, 3.8) is 0 Å². The van der Waals surface area contributed by atoms with Crippen LogP contribution in [-0.4, -0.2) is 58.7 Å². The minimum Gasteiger partial charge on any atom is -0.497 e. The highest BCUT2D eigenvalue weighted by atomic mass is 16.5. The number of anilines is 1. The lowest BCUT2D eigenvalue weighted by Crippen LogP contribution is -2.28. The molecule has 1 atom stereocenters. The molecule has 0 aliphatic carbocycles. The van der Waals surface area contributed by atoms with E-state index in [1.807, 2.05) is 12.1 Å². The first-order valence-corrected chi connectivity index (χ1v) is 9.39. The zero-order chi connectivity index (χ0) is 19.9. The van der Waals surface area contributed by atoms with Gasteiger partial charge in [-0.2, -0.15) is 0 Å². The second-order valence-corrected chi connectivity index (χ2v) is 6.99. The summed E-state index contributed by atoms with van der Waals surface area (Å²) in [6, 6.07) is 8.57. The molecule has 7 heteroatoms. The molecule has 7 nitrogen and oxygen atoms in total. The smallest absolute Gasteiger partial charge is 0.331 e. The van der Waals surface area contributed by atoms with E-state index in [-0.39, 0.29) is 5.57 Å². The van der Waals surface area contributed by atoms with Crippen LogP contribution < -0.4 is 10.1 Å². The van der Waals surface area contributed by atoms with E-state index in [2.05, 4.69) is 32.3 Å². The molecular weight excluding hydrogens is 356 g/mol. The number of benzene rings is 1. The maximum atomic E-state index is 10.9. The van der Waals surface area contributed by atoms with Gasteiger partial charge in [-0.1, -0.05) is 12.1 Å². The number of hydrogen-bond donors (Lipinski definition) is 2. The van der Waals surface area contributed by atoms with Gasteiger partial charge in [-0.15, -0.1) is 0 Å². The highest BCUT2D eigenvalue weighted by Crippen LogP contribution is 2.16. The molecule has 148 valence electrons. The minimum atomic E-state index is -0.954. The highest BCUT2D eigenvalue weighted by Gasteiger charge is 2.22. The van der Waals surface area contributed by atoms with Gasteiger partial charge in [-0.05, 0) is 43.5 Å². The third-order valence-electron chi connectivity index (χ3n) is 4.87. The summed E-state index contributed by atoms with van der Waals surface area (Å²) in [6.45, 7) is 4.58. The SMILES string of the molecule is COc1ccc(CCN2CC[C@@H](Nc3cnc(/C=C(\C)C(=O)O)cn3)C2)cc1. The molecule has 0 spiro atoms. The zero-order valence-electron chi connectivity index (χ0n) is 16.3. The first kappa shape index (κ1) is 19.8. The number of hydrogen-bond acceptors (Lipinski definition) is 6. The molecule has 1 fully saturated rings. The maximum absolute atomic E-state index is 10.9. The molecule has 3 rings (SSSR count). The number of methoxy groups -OCH3 is 1. The number of carbonyl (C=O) groups is 1. The van der Waals surface area contributed by atoms with Crippen molar-refractivity contribution in [3.8, 4) is 5.75 Å². The molecule has 1 aromatic heterocycles. The van der Waals surface area contributed by atoms with Crippen molar-refractivity contribution in [1.82, 2.24) is 14.9 Å². The van der Waals surface area contributed by atoms with Gasteiger partial charge >= 0.3 is 5.97 Å². The number of likely N-dealkylation sites (tertiary alicyclic amines) is 1. The Kier molecular flexibility index (Phi) is 6.60. The Morgan fingerprint density at radius 3 is 2.75 bits per heavy atom. The lowest BCUT2D eigenvalue weighted by molar-refractivity contribution is -0.132. The molecule has 0 amide bonds. The van der Waals surface area contributed by atoms with Gasteiger partial charge in [0.15, 0.2) is 0 Å². The predicted molar refractivity (Wildman–Crippen MR) is 108 cm³/mol. The van der Waals surface area contributed by atoms with Crippen molar-refractivity contribution < 1.29 is 14.6 Å². The van der Waals surface area contributed by atoms with Crippen LogP contribution in [0.15, 0.2) is 42.2 Å². The van der Waals surface area contributed by atoms with Crippen LogP contribution in [0.25, 0.3) is 6.08 Å². The van der Waals surface area contributed by atoms with Crippen molar-refractivity contribution in [1.29, 1.82) is 0 Å². The summed E-state index contributed by atoms with van der Waals surface area (Å²) >= 11 is 0. The molecule has 28 heavy (non-hydrogen) atoms. The molecule has 0 unspecified atom stereocenters. The van der Waals surface area contributed by atoms with Crippen molar-refractivity contribution in [2.75, 3.05) is 32.1 Å². The summed E-state index contributed by atoms with van der Waals surface area (Å²) < 4.78 is 5.20. The fourth-order valence-electron chi connectivity index (χ4n) is 3.21. The number of aromatic nitrogens is 2. The van der Waals surface area contributed by atoms with E-state index in [1.54, 1.807) is 19.5 Å². The summed E-state index contributed by atoms with van der Waals surface area (Å²) in [7, 11) is 1.68. The quantitative estimate of drug-likeness (QED) is 0.679. The molecule has 2 aromatic rings. The van der Waals surface area contributed by atoms with Crippen molar-refractivity contribution in [2.45, 2.75) is 25.8 Å². The number of rotatable bonds is 8. The van der Waals surface area contributed by atoms with E-state index < -0.39 is 5.97 Å². The van der Waals surface area contributed by atoms with Crippen molar-refractivity contribution in [3.05, 3.63) is 53.5 Å². The number of nitrogens with zero attached hydrogens (tertiary/aromatic N) is 3. The van der Waals surface area contributed by atoms with Crippen LogP contribution in [0.4, 0.5) is 5.82 Å². The lowest BCUT2D eigenvalue weighted by atomic mass is 10.1. The van der Waals surface area contributed by atoms with Crippen molar-refractivity contribution in [2.24, 2.45) is 0 Å². The Hall–Kier alpha value is -2.93. The van der Waals surface area contributed by atoms with Crippen LogP contribution in [0.2, 0.25) is 0 Å². The molecular formula is C21H26N4O3. The van der Waals surface area contributed by atoms with E-state index >= 15 is 0 Å². The molecule has 1 aliphatic heterocycles. The van der Waals surface area contributed by atoms with Crippen LogP contribution in [0.1, 0.15) is 24.6 Å². The van der Waals surface area contributed by atoms with Gasteiger partial charge in [0.2, 0.25) is 0 Å². The molecule has 1 aromatic carbocycles. The van der Waals surface area contributed by atoms with E-state index in [0.717, 1.165) is 38.2 Å².